The van der Waals surface area contributed by atoms with Gasteiger partial charge in [-0.2, -0.15) is 0 Å². The Hall–Kier alpha value is -1.87. The third-order valence-electron chi connectivity index (χ3n) is 4.24. The molecule has 3 aromatic rings. The van der Waals surface area contributed by atoms with Gasteiger partial charge in [-0.25, -0.2) is 9.98 Å². The number of hydrogen-bond donors (Lipinski definition) is 2. The minimum absolute atomic E-state index is 0. The number of hydrogen-bond acceptors (Lipinski definition) is 4. The molecule has 28 heavy (non-hydrogen) atoms. The van der Waals surface area contributed by atoms with E-state index in [0.717, 1.165) is 42.2 Å². The average Bonchev–Trinajstić information content (AvgIpc) is 3.19. The van der Waals surface area contributed by atoms with Gasteiger partial charge in [-0.15, -0.1) is 35.3 Å². The number of guanidine groups is 1. The highest BCUT2D eigenvalue weighted by molar-refractivity contribution is 14.0. The normalized spacial score (nSPS) is 11.2. The second-order valence-corrected chi connectivity index (χ2v) is 7.53. The first-order chi connectivity index (χ1) is 13.2. The lowest BCUT2D eigenvalue weighted by molar-refractivity contribution is 0.805. The van der Waals surface area contributed by atoms with Gasteiger partial charge < -0.3 is 15.5 Å². The standard InChI is InChI=1S/C21H27N5S.HI/c1-4-22-21(23-12-11-17-8-7-13-27-17)24-15-16-14-20(26(2)3)25-19-10-6-5-9-18(16)19;/h5-10,13-14H,4,11-12,15H2,1-3H3,(H2,22,23,24);1H. The van der Waals surface area contributed by atoms with E-state index in [2.05, 4.69) is 59.3 Å². The number of aliphatic imine (C=N–C) groups is 1. The van der Waals surface area contributed by atoms with Crippen molar-refractivity contribution in [1.29, 1.82) is 0 Å². The van der Waals surface area contributed by atoms with E-state index in [0.29, 0.717) is 6.54 Å². The summed E-state index contributed by atoms with van der Waals surface area (Å²) in [6, 6.07) is 14.6. The number of pyridine rings is 1. The van der Waals surface area contributed by atoms with Gasteiger partial charge in [0, 0.05) is 37.4 Å². The molecule has 0 unspecified atom stereocenters. The highest BCUT2D eigenvalue weighted by Gasteiger charge is 2.07. The first-order valence-electron chi connectivity index (χ1n) is 9.28. The van der Waals surface area contributed by atoms with E-state index in [1.54, 1.807) is 11.3 Å². The zero-order valence-corrected chi connectivity index (χ0v) is 19.8. The molecular weight excluding hydrogens is 481 g/mol. The molecule has 0 aliphatic heterocycles. The fourth-order valence-corrected chi connectivity index (χ4v) is 3.57. The van der Waals surface area contributed by atoms with Gasteiger partial charge >= 0.3 is 0 Å². The Bertz CT molecular complexity index is 893. The van der Waals surface area contributed by atoms with Gasteiger partial charge in [0.2, 0.25) is 0 Å². The van der Waals surface area contributed by atoms with E-state index in [-0.39, 0.29) is 24.0 Å². The molecule has 150 valence electrons. The highest BCUT2D eigenvalue weighted by Crippen LogP contribution is 2.22. The number of thiophene rings is 1. The highest BCUT2D eigenvalue weighted by atomic mass is 127. The van der Waals surface area contributed by atoms with Gasteiger partial charge in [-0.05, 0) is 42.5 Å². The second kappa shape index (κ2) is 11.2. The topological polar surface area (TPSA) is 52.6 Å². The summed E-state index contributed by atoms with van der Waals surface area (Å²) >= 11 is 1.79. The number of benzene rings is 1. The minimum atomic E-state index is 0. The Kier molecular flexibility index (Phi) is 8.98. The number of nitrogens with zero attached hydrogens (tertiary/aromatic N) is 3. The summed E-state index contributed by atoms with van der Waals surface area (Å²) < 4.78 is 0. The van der Waals surface area contributed by atoms with Gasteiger partial charge in [-0.3, -0.25) is 0 Å². The van der Waals surface area contributed by atoms with Crippen LogP contribution in [0.15, 0.2) is 52.8 Å². The predicted octanol–water partition coefficient (Wildman–Crippen LogP) is 4.28. The van der Waals surface area contributed by atoms with E-state index in [1.807, 2.05) is 25.1 Å². The monoisotopic (exact) mass is 509 g/mol. The van der Waals surface area contributed by atoms with Crippen LogP contribution in [0.25, 0.3) is 10.9 Å². The van der Waals surface area contributed by atoms with Crippen molar-refractivity contribution in [3.8, 4) is 0 Å². The van der Waals surface area contributed by atoms with Crippen molar-refractivity contribution >= 4 is 58.0 Å². The van der Waals surface area contributed by atoms with Crippen molar-refractivity contribution in [2.45, 2.75) is 19.9 Å². The number of para-hydroxylation sites is 1. The van der Waals surface area contributed by atoms with Crippen molar-refractivity contribution in [2.24, 2.45) is 4.99 Å². The molecule has 0 saturated heterocycles. The number of rotatable bonds is 7. The minimum Gasteiger partial charge on any atom is -0.363 e. The molecule has 2 aromatic heterocycles. The molecule has 0 aliphatic rings. The molecule has 0 aliphatic carbocycles. The summed E-state index contributed by atoms with van der Waals surface area (Å²) in [6.07, 6.45) is 1.01. The van der Waals surface area contributed by atoms with Crippen LogP contribution in [0.2, 0.25) is 0 Å². The molecule has 2 heterocycles. The molecule has 0 radical (unpaired) electrons. The van der Waals surface area contributed by atoms with Crippen LogP contribution < -0.4 is 15.5 Å². The molecular formula is C21H28IN5S. The maximum absolute atomic E-state index is 4.80. The lowest BCUT2D eigenvalue weighted by Gasteiger charge is -2.15. The Morgan fingerprint density at radius 3 is 2.68 bits per heavy atom. The Balaban J connectivity index is 0.00000280. The van der Waals surface area contributed by atoms with Crippen molar-refractivity contribution in [2.75, 3.05) is 32.1 Å². The van der Waals surface area contributed by atoms with Crippen molar-refractivity contribution < 1.29 is 0 Å². The molecule has 3 rings (SSSR count). The summed E-state index contributed by atoms with van der Waals surface area (Å²) in [7, 11) is 4.03. The molecule has 7 heteroatoms. The fourth-order valence-electron chi connectivity index (χ4n) is 2.86. The molecule has 2 N–H and O–H groups in total. The Labute approximate surface area is 188 Å². The maximum Gasteiger partial charge on any atom is 0.191 e. The third kappa shape index (κ3) is 6.07. The molecule has 1 aromatic carbocycles. The average molecular weight is 509 g/mol. The molecule has 0 amide bonds. The summed E-state index contributed by atoms with van der Waals surface area (Å²) in [5, 5.41) is 10.0. The molecule has 0 atom stereocenters. The van der Waals surface area contributed by atoms with Crippen LogP contribution in [0.4, 0.5) is 5.82 Å². The number of halogens is 1. The predicted molar refractivity (Wildman–Crippen MR) is 132 cm³/mol. The lowest BCUT2D eigenvalue weighted by Crippen LogP contribution is -2.38. The first-order valence-corrected chi connectivity index (χ1v) is 10.2. The van der Waals surface area contributed by atoms with Crippen LogP contribution in [-0.2, 0) is 13.0 Å². The smallest absolute Gasteiger partial charge is 0.191 e. The van der Waals surface area contributed by atoms with Crippen molar-refractivity contribution in [3.63, 3.8) is 0 Å². The van der Waals surface area contributed by atoms with E-state index in [1.165, 1.54) is 10.4 Å². The van der Waals surface area contributed by atoms with Crippen LogP contribution in [0.5, 0.6) is 0 Å². The number of fused-ring (bicyclic) bond motifs is 1. The summed E-state index contributed by atoms with van der Waals surface area (Å²) in [6.45, 7) is 4.40. The third-order valence-corrected chi connectivity index (χ3v) is 5.18. The van der Waals surface area contributed by atoms with Crippen molar-refractivity contribution in [1.82, 2.24) is 15.6 Å². The number of nitrogens with one attached hydrogen (secondary N) is 2. The van der Waals surface area contributed by atoms with Crippen LogP contribution in [0, 0.1) is 0 Å². The van der Waals surface area contributed by atoms with Gasteiger partial charge in [0.15, 0.2) is 5.96 Å². The first kappa shape index (κ1) is 22.4. The Morgan fingerprint density at radius 1 is 1.14 bits per heavy atom. The van der Waals surface area contributed by atoms with E-state index in [4.69, 9.17) is 9.98 Å². The van der Waals surface area contributed by atoms with Crippen LogP contribution in [-0.4, -0.2) is 38.1 Å². The quantitative estimate of drug-likeness (QED) is 0.284. The second-order valence-electron chi connectivity index (χ2n) is 6.50. The van der Waals surface area contributed by atoms with Crippen LogP contribution >= 0.6 is 35.3 Å². The molecule has 5 nitrogen and oxygen atoms in total. The zero-order valence-electron chi connectivity index (χ0n) is 16.6. The van der Waals surface area contributed by atoms with Crippen LogP contribution in [0.3, 0.4) is 0 Å². The summed E-state index contributed by atoms with van der Waals surface area (Å²) in [5.41, 5.74) is 2.18. The van der Waals surface area contributed by atoms with Crippen LogP contribution in [0.1, 0.15) is 17.4 Å². The summed E-state index contributed by atoms with van der Waals surface area (Å²) in [4.78, 5) is 12.9. The number of aromatic nitrogens is 1. The van der Waals surface area contributed by atoms with Gasteiger partial charge in [0.05, 0.1) is 12.1 Å². The largest absolute Gasteiger partial charge is 0.363 e. The maximum atomic E-state index is 4.80. The van der Waals surface area contributed by atoms with Gasteiger partial charge in [-0.1, -0.05) is 24.3 Å². The van der Waals surface area contributed by atoms with E-state index >= 15 is 0 Å². The van der Waals surface area contributed by atoms with E-state index < -0.39 is 0 Å². The molecule has 0 fully saturated rings. The van der Waals surface area contributed by atoms with E-state index in [9.17, 15) is 0 Å². The van der Waals surface area contributed by atoms with Gasteiger partial charge in [0.25, 0.3) is 0 Å². The lowest BCUT2D eigenvalue weighted by atomic mass is 10.1. The number of anilines is 1. The SMILES string of the molecule is CCNC(=NCc1cc(N(C)C)nc2ccccc12)NCCc1cccs1.I. The molecule has 0 saturated carbocycles. The molecule has 0 spiro atoms. The summed E-state index contributed by atoms with van der Waals surface area (Å²) in [5.74, 6) is 1.80. The molecule has 0 bridgehead atoms. The van der Waals surface area contributed by atoms with Gasteiger partial charge in [0.1, 0.15) is 5.82 Å². The zero-order chi connectivity index (χ0) is 19.1. The fraction of sp³-hybridized carbons (Fsp3) is 0.333. The Morgan fingerprint density at radius 2 is 1.96 bits per heavy atom. The van der Waals surface area contributed by atoms with Crippen molar-refractivity contribution in [3.05, 3.63) is 58.3 Å².